The Kier molecular flexibility index (Phi) is 6.42. The van der Waals surface area contributed by atoms with E-state index in [0.29, 0.717) is 18.7 Å². The van der Waals surface area contributed by atoms with E-state index in [0.717, 1.165) is 40.2 Å². The summed E-state index contributed by atoms with van der Waals surface area (Å²) in [6.45, 7) is 8.59. The van der Waals surface area contributed by atoms with Crippen LogP contribution >= 0.6 is 0 Å². The van der Waals surface area contributed by atoms with Gasteiger partial charge >= 0.3 is 0 Å². The zero-order valence-electron chi connectivity index (χ0n) is 17.4. The lowest BCUT2D eigenvalue weighted by molar-refractivity contribution is -0.120. The molecule has 0 aliphatic carbocycles. The Balaban J connectivity index is 1.58. The van der Waals surface area contributed by atoms with Gasteiger partial charge < -0.3 is 20.1 Å². The van der Waals surface area contributed by atoms with Crippen LogP contribution in [0.5, 0.6) is 11.5 Å². The maximum absolute atomic E-state index is 12.3. The summed E-state index contributed by atoms with van der Waals surface area (Å²) in [7, 11) is 0. The van der Waals surface area contributed by atoms with Crippen molar-refractivity contribution >= 4 is 11.8 Å². The van der Waals surface area contributed by atoms with Gasteiger partial charge in [0.2, 0.25) is 5.91 Å². The Morgan fingerprint density at radius 3 is 2.52 bits per heavy atom. The second-order valence-electron chi connectivity index (χ2n) is 7.47. The molecule has 0 bridgehead atoms. The normalized spacial score (nSPS) is 14.7. The minimum Gasteiger partial charge on any atom is -0.494 e. The van der Waals surface area contributed by atoms with Crippen LogP contribution in [-0.2, 0) is 17.8 Å². The van der Waals surface area contributed by atoms with Gasteiger partial charge in [0, 0.05) is 29.7 Å². The molecule has 1 aliphatic heterocycles. The number of hydrogen-bond donors (Lipinski definition) is 2. The molecular weight excluding hydrogens is 368 g/mol. The number of ether oxygens (including phenoxy) is 2. The molecule has 154 valence electrons. The fourth-order valence-electron chi connectivity index (χ4n) is 3.53. The van der Waals surface area contributed by atoms with Gasteiger partial charge in [-0.3, -0.25) is 9.59 Å². The van der Waals surface area contributed by atoms with Crippen molar-refractivity contribution in [2.75, 3.05) is 13.2 Å². The molecule has 6 heteroatoms. The predicted molar refractivity (Wildman–Crippen MR) is 112 cm³/mol. The largest absolute Gasteiger partial charge is 0.494 e. The minimum absolute atomic E-state index is 0.0890. The highest BCUT2D eigenvalue weighted by Crippen LogP contribution is 2.35. The molecule has 0 saturated carbocycles. The molecule has 0 radical (unpaired) electrons. The predicted octanol–water partition coefficient (Wildman–Crippen LogP) is 3.07. The quantitative estimate of drug-likeness (QED) is 0.754. The second-order valence-corrected chi connectivity index (χ2v) is 7.47. The molecule has 1 unspecified atom stereocenters. The Bertz CT molecular complexity index is 903. The fourth-order valence-corrected chi connectivity index (χ4v) is 3.53. The lowest BCUT2D eigenvalue weighted by Crippen LogP contribution is -2.36. The highest BCUT2D eigenvalue weighted by Gasteiger charge is 2.22. The molecule has 29 heavy (non-hydrogen) atoms. The van der Waals surface area contributed by atoms with Crippen LogP contribution in [0.2, 0.25) is 0 Å². The van der Waals surface area contributed by atoms with Gasteiger partial charge in [-0.1, -0.05) is 17.2 Å². The highest BCUT2D eigenvalue weighted by atomic mass is 16.5. The number of carbonyl (C=O) groups is 2. The van der Waals surface area contributed by atoms with Gasteiger partial charge in [-0.2, -0.15) is 0 Å². The summed E-state index contributed by atoms with van der Waals surface area (Å²) in [4.78, 5) is 24.5. The number of hydrogen-bond acceptors (Lipinski definition) is 4. The zero-order valence-corrected chi connectivity index (χ0v) is 17.4. The van der Waals surface area contributed by atoms with Crippen LogP contribution in [0, 0.1) is 13.8 Å². The molecule has 1 aliphatic rings. The molecule has 0 spiro atoms. The molecule has 0 fully saturated rings. The van der Waals surface area contributed by atoms with Crippen molar-refractivity contribution < 1.29 is 19.1 Å². The van der Waals surface area contributed by atoms with Crippen LogP contribution < -0.4 is 20.1 Å². The first kappa shape index (κ1) is 20.7. The van der Waals surface area contributed by atoms with Crippen LogP contribution in [0.1, 0.15) is 46.5 Å². The van der Waals surface area contributed by atoms with Crippen molar-refractivity contribution in [2.45, 2.75) is 46.8 Å². The van der Waals surface area contributed by atoms with Gasteiger partial charge in [0.05, 0.1) is 13.2 Å². The molecule has 2 aromatic carbocycles. The number of fused-ring (bicyclic) bond motifs is 1. The zero-order chi connectivity index (χ0) is 21.0. The molecule has 0 saturated heterocycles. The average Bonchev–Trinajstić information content (AvgIpc) is 3.02. The van der Waals surface area contributed by atoms with E-state index in [1.54, 1.807) is 12.1 Å². The molecular formula is C23H28N2O4. The molecule has 1 atom stereocenters. The lowest BCUT2D eigenvalue weighted by atomic mass is 10.1. The van der Waals surface area contributed by atoms with Crippen molar-refractivity contribution in [2.24, 2.45) is 0 Å². The first-order valence-corrected chi connectivity index (χ1v) is 9.94. The monoisotopic (exact) mass is 396 g/mol. The van der Waals surface area contributed by atoms with Crippen LogP contribution in [0.3, 0.4) is 0 Å². The van der Waals surface area contributed by atoms with E-state index >= 15 is 0 Å². The summed E-state index contributed by atoms with van der Waals surface area (Å²) in [5.41, 5.74) is 4.55. The number of amides is 2. The van der Waals surface area contributed by atoms with Crippen molar-refractivity contribution in [3.63, 3.8) is 0 Å². The van der Waals surface area contributed by atoms with Gasteiger partial charge in [-0.15, -0.1) is 0 Å². The SMILES string of the molecule is CCOc1cc2c(cc1CNC(=O)CNC(=O)c1cc(C)cc(C)c1)OC(C)C2. The van der Waals surface area contributed by atoms with Gasteiger partial charge in [-0.25, -0.2) is 0 Å². The summed E-state index contributed by atoms with van der Waals surface area (Å²) in [6.07, 6.45) is 0.997. The molecule has 2 N–H and O–H groups in total. The first-order valence-electron chi connectivity index (χ1n) is 9.94. The Hall–Kier alpha value is -3.02. The van der Waals surface area contributed by atoms with E-state index in [-0.39, 0.29) is 24.5 Å². The van der Waals surface area contributed by atoms with Crippen molar-refractivity contribution in [1.82, 2.24) is 10.6 Å². The first-order chi connectivity index (χ1) is 13.9. The number of nitrogens with one attached hydrogen (secondary N) is 2. The van der Waals surface area contributed by atoms with Crippen molar-refractivity contribution in [3.05, 3.63) is 58.1 Å². The Morgan fingerprint density at radius 1 is 1.10 bits per heavy atom. The molecule has 2 amide bonds. The maximum atomic E-state index is 12.3. The summed E-state index contributed by atoms with van der Waals surface area (Å²) in [5, 5.41) is 5.51. The van der Waals surface area contributed by atoms with E-state index in [2.05, 4.69) is 10.6 Å². The van der Waals surface area contributed by atoms with E-state index in [1.807, 2.05) is 45.9 Å². The van der Waals surface area contributed by atoms with Gasteiger partial charge in [0.15, 0.2) is 0 Å². The summed E-state index contributed by atoms with van der Waals surface area (Å²) in [5.74, 6) is 1.07. The van der Waals surface area contributed by atoms with Gasteiger partial charge in [0.25, 0.3) is 5.91 Å². The van der Waals surface area contributed by atoms with Gasteiger partial charge in [0.1, 0.15) is 17.6 Å². The number of rotatable bonds is 7. The van der Waals surface area contributed by atoms with Crippen LogP contribution in [0.15, 0.2) is 30.3 Å². The molecule has 0 aromatic heterocycles. The van der Waals surface area contributed by atoms with Crippen LogP contribution in [0.25, 0.3) is 0 Å². The van der Waals surface area contributed by atoms with Crippen LogP contribution in [0.4, 0.5) is 0 Å². The standard InChI is InChI=1S/C23H28N2O4/c1-5-28-20-10-17-9-16(4)29-21(17)11-19(20)12-24-22(26)13-25-23(27)18-7-14(2)6-15(3)8-18/h6-8,10-11,16H,5,9,12-13H2,1-4H3,(H,24,26)(H,25,27). The Morgan fingerprint density at radius 2 is 1.83 bits per heavy atom. The Labute approximate surface area is 171 Å². The minimum atomic E-state index is -0.264. The smallest absolute Gasteiger partial charge is 0.251 e. The molecule has 2 aromatic rings. The average molecular weight is 396 g/mol. The summed E-state index contributed by atoms with van der Waals surface area (Å²) < 4.78 is 11.5. The van der Waals surface area contributed by atoms with E-state index in [9.17, 15) is 9.59 Å². The third-order valence-corrected chi connectivity index (χ3v) is 4.75. The lowest BCUT2D eigenvalue weighted by Gasteiger charge is -2.13. The molecule has 6 nitrogen and oxygen atoms in total. The fraction of sp³-hybridized carbons (Fsp3) is 0.391. The molecule has 1 heterocycles. The second kappa shape index (κ2) is 8.99. The van der Waals surface area contributed by atoms with E-state index in [1.165, 1.54) is 0 Å². The highest BCUT2D eigenvalue weighted by molar-refractivity contribution is 5.96. The number of aryl methyl sites for hydroxylation is 2. The number of carbonyl (C=O) groups excluding carboxylic acids is 2. The summed E-state index contributed by atoms with van der Waals surface area (Å²) in [6, 6.07) is 9.53. The van der Waals surface area contributed by atoms with Gasteiger partial charge in [-0.05, 0) is 52.0 Å². The number of benzene rings is 2. The van der Waals surface area contributed by atoms with E-state index < -0.39 is 0 Å². The summed E-state index contributed by atoms with van der Waals surface area (Å²) >= 11 is 0. The van der Waals surface area contributed by atoms with Crippen molar-refractivity contribution in [1.29, 1.82) is 0 Å². The topological polar surface area (TPSA) is 76.7 Å². The third-order valence-electron chi connectivity index (χ3n) is 4.75. The van der Waals surface area contributed by atoms with E-state index in [4.69, 9.17) is 9.47 Å². The maximum Gasteiger partial charge on any atom is 0.251 e. The molecule has 3 rings (SSSR count). The third kappa shape index (κ3) is 5.28. The van der Waals surface area contributed by atoms with Crippen LogP contribution in [-0.4, -0.2) is 31.1 Å². The van der Waals surface area contributed by atoms with Crippen molar-refractivity contribution in [3.8, 4) is 11.5 Å².